The first-order chi connectivity index (χ1) is 9.70. The molecule has 9 heteroatoms. The molecule has 0 fully saturated rings. The molecule has 0 radical (unpaired) electrons. The molecule has 116 valence electrons. The SMILES string of the molecule is CC(=O)c1cc([N+](=O)[O-])ccc1OCCOCC(F)(F)F. The van der Waals surface area contributed by atoms with Crippen molar-refractivity contribution in [2.24, 2.45) is 0 Å². The van der Waals surface area contributed by atoms with E-state index in [4.69, 9.17) is 4.74 Å². The topological polar surface area (TPSA) is 78.7 Å². The minimum Gasteiger partial charge on any atom is -0.490 e. The Kier molecular flexibility index (Phi) is 5.65. The van der Waals surface area contributed by atoms with E-state index < -0.39 is 23.5 Å². The van der Waals surface area contributed by atoms with Crippen LogP contribution in [0.4, 0.5) is 18.9 Å². The van der Waals surface area contributed by atoms with Gasteiger partial charge in [-0.3, -0.25) is 14.9 Å². The molecule has 21 heavy (non-hydrogen) atoms. The van der Waals surface area contributed by atoms with Gasteiger partial charge in [0.2, 0.25) is 0 Å². The highest BCUT2D eigenvalue weighted by Crippen LogP contribution is 2.24. The molecule has 0 saturated heterocycles. The summed E-state index contributed by atoms with van der Waals surface area (Å²) in [7, 11) is 0. The first kappa shape index (κ1) is 16.9. The van der Waals surface area contributed by atoms with Crippen LogP contribution in [0.5, 0.6) is 5.75 Å². The van der Waals surface area contributed by atoms with Crippen molar-refractivity contribution in [3.8, 4) is 5.75 Å². The van der Waals surface area contributed by atoms with Crippen LogP contribution in [0.3, 0.4) is 0 Å². The van der Waals surface area contributed by atoms with Crippen molar-refractivity contribution in [3.63, 3.8) is 0 Å². The van der Waals surface area contributed by atoms with E-state index in [1.807, 2.05) is 0 Å². The predicted molar refractivity (Wildman–Crippen MR) is 65.5 cm³/mol. The van der Waals surface area contributed by atoms with Gasteiger partial charge in [0.1, 0.15) is 19.0 Å². The first-order valence-electron chi connectivity index (χ1n) is 5.77. The van der Waals surface area contributed by atoms with E-state index in [1.54, 1.807) is 0 Å². The number of nitro groups is 1. The fourth-order valence-electron chi connectivity index (χ4n) is 1.43. The molecule has 0 unspecified atom stereocenters. The summed E-state index contributed by atoms with van der Waals surface area (Å²) in [6.07, 6.45) is -4.42. The molecule has 1 aromatic rings. The summed E-state index contributed by atoms with van der Waals surface area (Å²) in [5.74, 6) is -0.395. The van der Waals surface area contributed by atoms with Gasteiger partial charge in [-0.1, -0.05) is 0 Å². The number of hydrogen-bond donors (Lipinski definition) is 0. The Balaban J connectivity index is 2.62. The van der Waals surface area contributed by atoms with Gasteiger partial charge in [0, 0.05) is 12.1 Å². The Morgan fingerprint density at radius 2 is 2.00 bits per heavy atom. The van der Waals surface area contributed by atoms with Gasteiger partial charge in [0.05, 0.1) is 17.1 Å². The molecule has 0 atom stereocenters. The molecule has 0 heterocycles. The second-order valence-electron chi connectivity index (χ2n) is 4.01. The van der Waals surface area contributed by atoms with Crippen LogP contribution in [0.25, 0.3) is 0 Å². The van der Waals surface area contributed by atoms with E-state index in [9.17, 15) is 28.1 Å². The molecule has 0 saturated carbocycles. The maximum absolute atomic E-state index is 11.8. The number of hydrogen-bond acceptors (Lipinski definition) is 5. The number of non-ortho nitro benzene ring substituents is 1. The number of rotatable bonds is 7. The number of carbonyl (C=O) groups is 1. The third-order valence-electron chi connectivity index (χ3n) is 2.30. The molecule has 1 aromatic carbocycles. The van der Waals surface area contributed by atoms with Gasteiger partial charge in [-0.25, -0.2) is 0 Å². The highest BCUT2D eigenvalue weighted by molar-refractivity contribution is 5.97. The minimum atomic E-state index is -4.42. The van der Waals surface area contributed by atoms with E-state index in [2.05, 4.69) is 4.74 Å². The zero-order valence-corrected chi connectivity index (χ0v) is 11.0. The monoisotopic (exact) mass is 307 g/mol. The Labute approximate surface area is 117 Å². The van der Waals surface area contributed by atoms with Crippen LogP contribution >= 0.6 is 0 Å². The fraction of sp³-hybridized carbons (Fsp3) is 0.417. The largest absolute Gasteiger partial charge is 0.490 e. The molecule has 0 aromatic heterocycles. The highest BCUT2D eigenvalue weighted by atomic mass is 19.4. The first-order valence-corrected chi connectivity index (χ1v) is 5.77. The number of halogens is 3. The number of Topliss-reactive ketones (excluding diaryl/α,β-unsaturated/α-hetero) is 1. The van der Waals surface area contributed by atoms with Crippen LogP contribution in [0.15, 0.2) is 18.2 Å². The van der Waals surface area contributed by atoms with Crippen molar-refractivity contribution >= 4 is 11.5 Å². The quantitative estimate of drug-likeness (QED) is 0.335. The lowest BCUT2D eigenvalue weighted by Crippen LogP contribution is -2.19. The van der Waals surface area contributed by atoms with Crippen molar-refractivity contribution < 1.29 is 32.4 Å². The Morgan fingerprint density at radius 1 is 1.33 bits per heavy atom. The maximum atomic E-state index is 11.8. The number of nitrogens with zero attached hydrogens (tertiary/aromatic N) is 1. The molecule has 0 amide bonds. The van der Waals surface area contributed by atoms with Gasteiger partial charge in [-0.15, -0.1) is 0 Å². The average Bonchev–Trinajstić information content (AvgIpc) is 2.36. The smallest absolute Gasteiger partial charge is 0.411 e. The van der Waals surface area contributed by atoms with Crippen LogP contribution in [0, 0.1) is 10.1 Å². The van der Waals surface area contributed by atoms with Gasteiger partial charge < -0.3 is 9.47 Å². The molecule has 0 aliphatic heterocycles. The third-order valence-corrected chi connectivity index (χ3v) is 2.30. The second-order valence-corrected chi connectivity index (χ2v) is 4.01. The van der Waals surface area contributed by atoms with Crippen LogP contribution in [-0.2, 0) is 4.74 Å². The van der Waals surface area contributed by atoms with Crippen LogP contribution < -0.4 is 4.74 Å². The second kappa shape index (κ2) is 7.02. The molecule has 0 aliphatic rings. The number of carbonyl (C=O) groups excluding carboxylic acids is 1. The minimum absolute atomic E-state index is 0.0139. The molecule has 1 rings (SSSR count). The molecule has 0 N–H and O–H groups in total. The van der Waals surface area contributed by atoms with Crippen molar-refractivity contribution in [2.45, 2.75) is 13.1 Å². The van der Waals surface area contributed by atoms with E-state index in [0.29, 0.717) is 0 Å². The van der Waals surface area contributed by atoms with E-state index >= 15 is 0 Å². The standard InChI is InChI=1S/C12H12F3NO5/c1-8(17)10-6-9(16(18)19)2-3-11(10)21-5-4-20-7-12(13,14)15/h2-3,6H,4-5,7H2,1H3. The van der Waals surface area contributed by atoms with E-state index in [-0.39, 0.29) is 30.2 Å². The van der Waals surface area contributed by atoms with Crippen molar-refractivity contribution in [3.05, 3.63) is 33.9 Å². The molecular formula is C12H12F3NO5. The summed E-state index contributed by atoms with van der Waals surface area (Å²) in [4.78, 5) is 21.3. The van der Waals surface area contributed by atoms with Gasteiger partial charge >= 0.3 is 6.18 Å². The van der Waals surface area contributed by atoms with Gasteiger partial charge in [-0.2, -0.15) is 13.2 Å². The third kappa shape index (κ3) is 5.78. The molecular weight excluding hydrogens is 295 g/mol. The lowest BCUT2D eigenvalue weighted by atomic mass is 10.1. The lowest BCUT2D eigenvalue weighted by molar-refractivity contribution is -0.384. The number of alkyl halides is 3. The Morgan fingerprint density at radius 3 is 2.52 bits per heavy atom. The van der Waals surface area contributed by atoms with Crippen LogP contribution in [0.1, 0.15) is 17.3 Å². The van der Waals surface area contributed by atoms with Crippen molar-refractivity contribution in [2.75, 3.05) is 19.8 Å². The summed E-state index contributed by atoms with van der Waals surface area (Å²) in [6.45, 7) is -0.732. The summed E-state index contributed by atoms with van der Waals surface area (Å²) < 4.78 is 44.9. The van der Waals surface area contributed by atoms with E-state index in [1.165, 1.54) is 13.0 Å². The average molecular weight is 307 g/mol. The van der Waals surface area contributed by atoms with Gasteiger partial charge in [0.25, 0.3) is 5.69 Å². The van der Waals surface area contributed by atoms with Gasteiger partial charge in [-0.05, 0) is 13.0 Å². The Bertz CT molecular complexity index is 530. The number of ketones is 1. The molecule has 0 spiro atoms. The zero-order chi connectivity index (χ0) is 16.0. The van der Waals surface area contributed by atoms with Crippen LogP contribution in [0.2, 0.25) is 0 Å². The summed E-state index contributed by atoms with van der Waals surface area (Å²) in [5.41, 5.74) is -0.291. The Hall–Kier alpha value is -2.16. The fourth-order valence-corrected chi connectivity index (χ4v) is 1.43. The molecule has 0 aliphatic carbocycles. The molecule has 6 nitrogen and oxygen atoms in total. The van der Waals surface area contributed by atoms with Crippen molar-refractivity contribution in [1.29, 1.82) is 0 Å². The number of benzene rings is 1. The zero-order valence-electron chi connectivity index (χ0n) is 11.0. The predicted octanol–water partition coefficient (Wildman–Crippen LogP) is 2.76. The number of nitro benzene ring substituents is 1. The highest BCUT2D eigenvalue weighted by Gasteiger charge is 2.27. The van der Waals surface area contributed by atoms with Crippen molar-refractivity contribution in [1.82, 2.24) is 0 Å². The number of ether oxygens (including phenoxy) is 2. The van der Waals surface area contributed by atoms with Crippen LogP contribution in [-0.4, -0.2) is 36.7 Å². The lowest BCUT2D eigenvalue weighted by Gasteiger charge is -2.11. The maximum Gasteiger partial charge on any atom is 0.411 e. The summed E-state index contributed by atoms with van der Waals surface area (Å²) in [6, 6.07) is 3.41. The normalized spacial score (nSPS) is 11.2. The molecule has 0 bridgehead atoms. The summed E-state index contributed by atoms with van der Waals surface area (Å²) >= 11 is 0. The van der Waals surface area contributed by atoms with Gasteiger partial charge in [0.15, 0.2) is 5.78 Å². The van der Waals surface area contributed by atoms with E-state index in [0.717, 1.165) is 12.1 Å². The summed E-state index contributed by atoms with van der Waals surface area (Å²) in [5, 5.41) is 10.6.